The number of hydrogen-bond acceptors (Lipinski definition) is 3. The average molecular weight is 295 g/mol. The van der Waals surface area contributed by atoms with Crippen molar-refractivity contribution in [3.63, 3.8) is 0 Å². The van der Waals surface area contributed by atoms with E-state index in [4.69, 9.17) is 5.73 Å². The van der Waals surface area contributed by atoms with Crippen molar-refractivity contribution in [3.05, 3.63) is 35.6 Å². The zero-order valence-corrected chi connectivity index (χ0v) is 13.7. The van der Waals surface area contributed by atoms with E-state index in [-0.39, 0.29) is 11.9 Å². The molecule has 1 rings (SSSR count). The van der Waals surface area contributed by atoms with Crippen LogP contribution in [0, 0.1) is 5.82 Å². The summed E-state index contributed by atoms with van der Waals surface area (Å²) in [5, 5.41) is 0. The van der Waals surface area contributed by atoms with Crippen molar-refractivity contribution in [1.29, 1.82) is 0 Å². The van der Waals surface area contributed by atoms with E-state index in [0.29, 0.717) is 0 Å². The molecule has 4 heteroatoms. The van der Waals surface area contributed by atoms with Gasteiger partial charge in [-0.3, -0.25) is 0 Å². The predicted octanol–water partition coefficient (Wildman–Crippen LogP) is 2.88. The quantitative estimate of drug-likeness (QED) is 0.720. The largest absolute Gasteiger partial charge is 0.323 e. The highest BCUT2D eigenvalue weighted by Crippen LogP contribution is 2.13. The molecule has 0 amide bonds. The van der Waals surface area contributed by atoms with Crippen LogP contribution in [0.2, 0.25) is 0 Å². The summed E-state index contributed by atoms with van der Waals surface area (Å²) in [5.41, 5.74) is 7.23. The van der Waals surface area contributed by atoms with Crippen LogP contribution in [-0.4, -0.2) is 49.1 Å². The fraction of sp³-hybridized carbons (Fsp3) is 0.647. The minimum Gasteiger partial charge on any atom is -0.323 e. The second-order valence-corrected chi connectivity index (χ2v) is 5.43. The second kappa shape index (κ2) is 9.87. The Hall–Kier alpha value is -0.970. The van der Waals surface area contributed by atoms with Gasteiger partial charge in [-0.15, -0.1) is 0 Å². The first-order valence-corrected chi connectivity index (χ1v) is 8.06. The third kappa shape index (κ3) is 6.55. The van der Waals surface area contributed by atoms with Crippen molar-refractivity contribution in [2.24, 2.45) is 5.73 Å². The zero-order chi connectivity index (χ0) is 15.7. The standard InChI is InChI=1S/C17H30FN3/c1-4-20(5-2)12-7-13-21(6-3)14-17(19)15-8-10-16(18)11-9-15/h8-11,17H,4-7,12-14,19H2,1-3H3. The van der Waals surface area contributed by atoms with Crippen molar-refractivity contribution in [2.75, 3.05) is 39.3 Å². The molecule has 3 nitrogen and oxygen atoms in total. The summed E-state index contributed by atoms with van der Waals surface area (Å²) in [7, 11) is 0. The molecule has 0 aliphatic heterocycles. The molecule has 1 atom stereocenters. The Labute approximate surface area is 128 Å². The molecular weight excluding hydrogens is 265 g/mol. The molecule has 0 aliphatic rings. The lowest BCUT2D eigenvalue weighted by Gasteiger charge is -2.26. The van der Waals surface area contributed by atoms with Gasteiger partial charge in [0.15, 0.2) is 0 Å². The van der Waals surface area contributed by atoms with E-state index in [1.165, 1.54) is 12.1 Å². The van der Waals surface area contributed by atoms with E-state index in [0.717, 1.165) is 51.3 Å². The molecule has 120 valence electrons. The summed E-state index contributed by atoms with van der Waals surface area (Å²) in [6.45, 7) is 12.8. The number of benzene rings is 1. The molecule has 1 aromatic rings. The third-order valence-corrected chi connectivity index (χ3v) is 4.04. The first kappa shape index (κ1) is 18.1. The van der Waals surface area contributed by atoms with Gasteiger partial charge in [0.25, 0.3) is 0 Å². The number of halogens is 1. The number of nitrogens with zero attached hydrogens (tertiary/aromatic N) is 2. The fourth-order valence-corrected chi connectivity index (χ4v) is 2.53. The Balaban J connectivity index is 2.40. The van der Waals surface area contributed by atoms with Crippen LogP contribution in [0.1, 0.15) is 38.8 Å². The van der Waals surface area contributed by atoms with Crippen LogP contribution in [0.3, 0.4) is 0 Å². The lowest BCUT2D eigenvalue weighted by molar-refractivity contribution is 0.234. The molecule has 1 unspecified atom stereocenters. The molecule has 2 N–H and O–H groups in total. The van der Waals surface area contributed by atoms with Gasteiger partial charge in [0.05, 0.1) is 0 Å². The predicted molar refractivity (Wildman–Crippen MR) is 87.8 cm³/mol. The first-order chi connectivity index (χ1) is 10.1. The van der Waals surface area contributed by atoms with Gasteiger partial charge in [-0.05, 0) is 56.8 Å². The normalized spacial score (nSPS) is 13.1. The van der Waals surface area contributed by atoms with Gasteiger partial charge in [0.1, 0.15) is 5.82 Å². The van der Waals surface area contributed by atoms with Gasteiger partial charge in [-0.2, -0.15) is 0 Å². The molecule has 0 bridgehead atoms. The highest BCUT2D eigenvalue weighted by Gasteiger charge is 2.11. The van der Waals surface area contributed by atoms with E-state index in [1.807, 2.05) is 0 Å². The number of likely N-dealkylation sites (N-methyl/N-ethyl adjacent to an activating group) is 1. The van der Waals surface area contributed by atoms with Crippen molar-refractivity contribution in [1.82, 2.24) is 9.80 Å². The van der Waals surface area contributed by atoms with E-state index in [2.05, 4.69) is 30.6 Å². The van der Waals surface area contributed by atoms with Gasteiger partial charge >= 0.3 is 0 Å². The Morgan fingerprint density at radius 3 is 2.00 bits per heavy atom. The lowest BCUT2D eigenvalue weighted by atomic mass is 10.1. The molecule has 0 heterocycles. The monoisotopic (exact) mass is 295 g/mol. The van der Waals surface area contributed by atoms with Crippen LogP contribution in [-0.2, 0) is 0 Å². The van der Waals surface area contributed by atoms with E-state index >= 15 is 0 Å². The van der Waals surface area contributed by atoms with Crippen molar-refractivity contribution >= 4 is 0 Å². The summed E-state index contributed by atoms with van der Waals surface area (Å²) in [4.78, 5) is 4.81. The summed E-state index contributed by atoms with van der Waals surface area (Å²) >= 11 is 0. The zero-order valence-electron chi connectivity index (χ0n) is 13.7. The number of hydrogen-bond donors (Lipinski definition) is 1. The fourth-order valence-electron chi connectivity index (χ4n) is 2.53. The molecule has 1 aromatic carbocycles. The molecule has 21 heavy (non-hydrogen) atoms. The van der Waals surface area contributed by atoms with E-state index in [9.17, 15) is 4.39 Å². The molecule has 0 radical (unpaired) electrons. The van der Waals surface area contributed by atoms with Crippen LogP contribution >= 0.6 is 0 Å². The Morgan fingerprint density at radius 2 is 1.48 bits per heavy atom. The molecule has 0 spiro atoms. The molecule has 0 saturated carbocycles. The number of rotatable bonds is 10. The average Bonchev–Trinajstić information content (AvgIpc) is 2.50. The summed E-state index contributed by atoms with van der Waals surface area (Å²) in [5.74, 6) is -0.211. The van der Waals surface area contributed by atoms with Gasteiger partial charge < -0.3 is 15.5 Å². The maximum absolute atomic E-state index is 12.9. The first-order valence-electron chi connectivity index (χ1n) is 8.06. The highest BCUT2D eigenvalue weighted by atomic mass is 19.1. The minimum absolute atomic E-state index is 0.0565. The maximum Gasteiger partial charge on any atom is 0.123 e. The lowest BCUT2D eigenvalue weighted by Crippen LogP contribution is -2.34. The SMILES string of the molecule is CCN(CC)CCCN(CC)CC(N)c1ccc(F)cc1. The van der Waals surface area contributed by atoms with Crippen molar-refractivity contribution in [3.8, 4) is 0 Å². The summed E-state index contributed by atoms with van der Waals surface area (Å²) < 4.78 is 12.9. The van der Waals surface area contributed by atoms with Gasteiger partial charge in [0.2, 0.25) is 0 Å². The molecule has 0 aliphatic carbocycles. The molecule has 0 saturated heterocycles. The maximum atomic E-state index is 12.9. The van der Waals surface area contributed by atoms with Crippen molar-refractivity contribution < 1.29 is 4.39 Å². The highest BCUT2D eigenvalue weighted by molar-refractivity contribution is 5.19. The van der Waals surface area contributed by atoms with Gasteiger partial charge in [-0.25, -0.2) is 4.39 Å². The van der Waals surface area contributed by atoms with Crippen LogP contribution < -0.4 is 5.73 Å². The Kier molecular flexibility index (Phi) is 8.50. The summed E-state index contributed by atoms with van der Waals surface area (Å²) in [6, 6.07) is 6.46. The summed E-state index contributed by atoms with van der Waals surface area (Å²) in [6.07, 6.45) is 1.16. The van der Waals surface area contributed by atoms with Crippen molar-refractivity contribution in [2.45, 2.75) is 33.2 Å². The van der Waals surface area contributed by atoms with Gasteiger partial charge in [0, 0.05) is 12.6 Å². The second-order valence-electron chi connectivity index (χ2n) is 5.43. The Bertz CT molecular complexity index is 376. The smallest absolute Gasteiger partial charge is 0.123 e. The third-order valence-electron chi connectivity index (χ3n) is 4.04. The molecule has 0 aromatic heterocycles. The topological polar surface area (TPSA) is 32.5 Å². The Morgan fingerprint density at radius 1 is 0.952 bits per heavy atom. The van der Waals surface area contributed by atoms with E-state index in [1.54, 1.807) is 12.1 Å². The van der Waals surface area contributed by atoms with Crippen LogP contribution in [0.25, 0.3) is 0 Å². The van der Waals surface area contributed by atoms with Gasteiger partial charge in [-0.1, -0.05) is 32.9 Å². The van der Waals surface area contributed by atoms with Crippen LogP contribution in [0.15, 0.2) is 24.3 Å². The molecule has 0 fully saturated rings. The number of nitrogens with two attached hydrogens (primary N) is 1. The van der Waals surface area contributed by atoms with Crippen LogP contribution in [0.5, 0.6) is 0 Å². The van der Waals surface area contributed by atoms with E-state index < -0.39 is 0 Å². The molecular formula is C17H30FN3. The minimum atomic E-state index is -0.211. The van der Waals surface area contributed by atoms with Crippen LogP contribution in [0.4, 0.5) is 4.39 Å².